The maximum absolute atomic E-state index is 13.0. The average molecular weight is 376 g/mol. The molecule has 0 saturated heterocycles. The molecule has 134 valence electrons. The predicted molar refractivity (Wildman–Crippen MR) is 102 cm³/mol. The number of aliphatic hydroxyl groups excluding tert-OH is 1. The second-order valence-corrected chi connectivity index (χ2v) is 7.12. The molecule has 0 aliphatic carbocycles. The Morgan fingerprint density at radius 2 is 1.93 bits per heavy atom. The van der Waals surface area contributed by atoms with E-state index in [1.54, 1.807) is 36.0 Å². The monoisotopic (exact) mass is 376 g/mol. The first kappa shape index (κ1) is 17.2. The molecule has 0 bridgehead atoms. The van der Waals surface area contributed by atoms with E-state index in [2.05, 4.69) is 4.98 Å². The van der Waals surface area contributed by atoms with Crippen molar-refractivity contribution in [2.45, 2.75) is 12.6 Å². The SMILES string of the molecule is O=C(C1=C(O)C(=O)N(Cc2cccnc2)C1c1ccccc1)c1cccs1. The van der Waals surface area contributed by atoms with Gasteiger partial charge in [-0.25, -0.2) is 0 Å². The van der Waals surface area contributed by atoms with Crippen molar-refractivity contribution in [1.82, 2.24) is 9.88 Å². The van der Waals surface area contributed by atoms with Gasteiger partial charge in [-0.15, -0.1) is 11.3 Å². The molecule has 0 spiro atoms. The molecule has 27 heavy (non-hydrogen) atoms. The fourth-order valence-corrected chi connectivity index (χ4v) is 3.94. The lowest BCUT2D eigenvalue weighted by atomic mass is 9.95. The molecule has 0 fully saturated rings. The van der Waals surface area contributed by atoms with E-state index < -0.39 is 17.7 Å². The molecule has 1 N–H and O–H groups in total. The second-order valence-electron chi connectivity index (χ2n) is 6.18. The summed E-state index contributed by atoms with van der Waals surface area (Å²) in [6, 6.07) is 15.8. The first-order valence-electron chi connectivity index (χ1n) is 8.43. The number of amides is 1. The topological polar surface area (TPSA) is 70.5 Å². The van der Waals surface area contributed by atoms with Gasteiger partial charge in [0.25, 0.3) is 5.91 Å². The van der Waals surface area contributed by atoms with Crippen LogP contribution in [0.25, 0.3) is 0 Å². The van der Waals surface area contributed by atoms with Gasteiger partial charge in [-0.3, -0.25) is 14.6 Å². The van der Waals surface area contributed by atoms with Crippen LogP contribution in [0.5, 0.6) is 0 Å². The minimum absolute atomic E-state index is 0.123. The predicted octanol–water partition coefficient (Wildman–Crippen LogP) is 3.92. The van der Waals surface area contributed by atoms with Crippen LogP contribution < -0.4 is 0 Å². The number of hydrogen-bond acceptors (Lipinski definition) is 5. The number of thiophene rings is 1. The maximum atomic E-state index is 13.0. The molecule has 2 aromatic heterocycles. The number of carbonyl (C=O) groups is 2. The summed E-state index contributed by atoms with van der Waals surface area (Å²) >= 11 is 1.29. The number of aliphatic hydroxyl groups is 1. The molecule has 1 atom stereocenters. The van der Waals surface area contributed by atoms with Crippen molar-refractivity contribution in [3.8, 4) is 0 Å². The third kappa shape index (κ3) is 3.15. The third-order valence-corrected chi connectivity index (χ3v) is 5.35. The lowest BCUT2D eigenvalue weighted by molar-refractivity contribution is -0.130. The smallest absolute Gasteiger partial charge is 0.290 e. The zero-order valence-electron chi connectivity index (χ0n) is 14.3. The molecule has 3 aromatic rings. The first-order valence-corrected chi connectivity index (χ1v) is 9.31. The molecule has 1 aliphatic rings. The normalized spacial score (nSPS) is 16.8. The van der Waals surface area contributed by atoms with Crippen LogP contribution >= 0.6 is 11.3 Å². The van der Waals surface area contributed by atoms with Crippen LogP contribution in [0, 0.1) is 0 Å². The van der Waals surface area contributed by atoms with Crippen molar-refractivity contribution < 1.29 is 14.7 Å². The van der Waals surface area contributed by atoms with Gasteiger partial charge >= 0.3 is 0 Å². The number of nitrogens with zero attached hydrogens (tertiary/aromatic N) is 2. The largest absolute Gasteiger partial charge is 0.503 e. The van der Waals surface area contributed by atoms with Gasteiger partial charge in [-0.2, -0.15) is 0 Å². The van der Waals surface area contributed by atoms with Crippen molar-refractivity contribution in [2.24, 2.45) is 0 Å². The van der Waals surface area contributed by atoms with Gasteiger partial charge < -0.3 is 10.0 Å². The van der Waals surface area contributed by atoms with Crippen LogP contribution in [0.4, 0.5) is 0 Å². The third-order valence-electron chi connectivity index (χ3n) is 4.48. The van der Waals surface area contributed by atoms with Crippen molar-refractivity contribution in [2.75, 3.05) is 0 Å². The highest BCUT2D eigenvalue weighted by Gasteiger charge is 2.43. The number of hydrogen-bond donors (Lipinski definition) is 1. The fraction of sp³-hybridized carbons (Fsp3) is 0.0952. The highest BCUT2D eigenvalue weighted by atomic mass is 32.1. The van der Waals surface area contributed by atoms with Gasteiger partial charge in [0.15, 0.2) is 5.76 Å². The summed E-state index contributed by atoms with van der Waals surface area (Å²) in [4.78, 5) is 32.0. The highest BCUT2D eigenvalue weighted by Crippen LogP contribution is 2.40. The lowest BCUT2D eigenvalue weighted by Crippen LogP contribution is -2.30. The Morgan fingerprint density at radius 3 is 2.59 bits per heavy atom. The van der Waals surface area contributed by atoms with Gasteiger partial charge in [0.2, 0.25) is 5.78 Å². The number of Topliss-reactive ketones (excluding diaryl/α,β-unsaturated/α-hetero) is 1. The van der Waals surface area contributed by atoms with E-state index in [1.165, 1.54) is 16.2 Å². The Bertz CT molecular complexity index is 998. The van der Waals surface area contributed by atoms with E-state index in [1.807, 2.05) is 36.4 Å². The van der Waals surface area contributed by atoms with Crippen LogP contribution in [-0.2, 0) is 11.3 Å². The number of rotatable bonds is 5. The first-order chi connectivity index (χ1) is 13.2. The Hall–Kier alpha value is -3.25. The molecule has 1 aliphatic heterocycles. The molecule has 0 saturated carbocycles. The van der Waals surface area contributed by atoms with Crippen LogP contribution in [0.3, 0.4) is 0 Å². The van der Waals surface area contributed by atoms with Crippen LogP contribution in [-0.4, -0.2) is 26.7 Å². The molecule has 1 aromatic carbocycles. The molecule has 3 heterocycles. The summed E-state index contributed by atoms with van der Waals surface area (Å²) in [5.74, 6) is -1.35. The zero-order valence-corrected chi connectivity index (χ0v) is 15.1. The van der Waals surface area contributed by atoms with Crippen molar-refractivity contribution in [3.05, 3.63) is 99.7 Å². The zero-order chi connectivity index (χ0) is 18.8. The summed E-state index contributed by atoms with van der Waals surface area (Å²) in [5.41, 5.74) is 1.72. The van der Waals surface area contributed by atoms with Gasteiger partial charge in [-0.05, 0) is 28.6 Å². The van der Waals surface area contributed by atoms with Gasteiger partial charge in [0, 0.05) is 18.9 Å². The summed E-state index contributed by atoms with van der Waals surface area (Å²) in [5, 5.41) is 12.4. The molecular formula is C21H16N2O3S. The Kier molecular flexibility index (Phi) is 4.56. The van der Waals surface area contributed by atoms with Crippen LogP contribution in [0.1, 0.15) is 26.8 Å². The van der Waals surface area contributed by atoms with E-state index in [9.17, 15) is 14.7 Å². The minimum atomic E-state index is -0.645. The van der Waals surface area contributed by atoms with E-state index in [0.717, 1.165) is 11.1 Å². The van der Waals surface area contributed by atoms with E-state index in [-0.39, 0.29) is 17.9 Å². The van der Waals surface area contributed by atoms with Gasteiger partial charge in [0.05, 0.1) is 16.5 Å². The second kappa shape index (κ2) is 7.17. The number of ketones is 1. The molecular weight excluding hydrogens is 360 g/mol. The molecule has 1 unspecified atom stereocenters. The highest BCUT2D eigenvalue weighted by molar-refractivity contribution is 7.12. The molecule has 0 radical (unpaired) electrons. The lowest BCUT2D eigenvalue weighted by Gasteiger charge is -2.26. The summed E-state index contributed by atoms with van der Waals surface area (Å²) in [6.07, 6.45) is 3.33. The van der Waals surface area contributed by atoms with Crippen molar-refractivity contribution in [3.63, 3.8) is 0 Å². The Balaban J connectivity index is 1.79. The minimum Gasteiger partial charge on any atom is -0.503 e. The van der Waals surface area contributed by atoms with Gasteiger partial charge in [0.1, 0.15) is 0 Å². The summed E-state index contributed by atoms with van der Waals surface area (Å²) in [7, 11) is 0. The summed E-state index contributed by atoms with van der Waals surface area (Å²) in [6.45, 7) is 0.248. The molecule has 6 heteroatoms. The number of aromatic nitrogens is 1. The van der Waals surface area contributed by atoms with E-state index in [0.29, 0.717) is 4.88 Å². The molecule has 1 amide bonds. The molecule has 5 nitrogen and oxygen atoms in total. The van der Waals surface area contributed by atoms with Crippen molar-refractivity contribution >= 4 is 23.0 Å². The number of pyridine rings is 1. The Labute approximate surface area is 160 Å². The average Bonchev–Trinajstić information content (AvgIpc) is 3.32. The number of carbonyl (C=O) groups excluding carboxylic acids is 2. The maximum Gasteiger partial charge on any atom is 0.290 e. The van der Waals surface area contributed by atoms with E-state index in [4.69, 9.17) is 0 Å². The quantitative estimate of drug-likeness (QED) is 0.685. The van der Waals surface area contributed by atoms with Crippen LogP contribution in [0.2, 0.25) is 0 Å². The van der Waals surface area contributed by atoms with Crippen molar-refractivity contribution in [1.29, 1.82) is 0 Å². The fourth-order valence-electron chi connectivity index (χ4n) is 3.26. The van der Waals surface area contributed by atoms with Gasteiger partial charge in [-0.1, -0.05) is 42.5 Å². The number of benzene rings is 1. The van der Waals surface area contributed by atoms with E-state index >= 15 is 0 Å². The van der Waals surface area contributed by atoms with Crippen LogP contribution in [0.15, 0.2) is 83.7 Å². The molecule has 4 rings (SSSR count). The Morgan fingerprint density at radius 1 is 1.11 bits per heavy atom. The standard InChI is InChI=1S/C21H16N2O3S/c24-19(16-9-5-11-27-16)17-18(15-7-2-1-3-8-15)23(21(26)20(17)25)13-14-6-4-10-22-12-14/h1-12,18,25H,13H2. The summed E-state index contributed by atoms with van der Waals surface area (Å²) < 4.78 is 0.